The number of nitrogens with zero attached hydrogens (tertiary/aromatic N) is 1. The highest BCUT2D eigenvalue weighted by Crippen LogP contribution is 2.30. The number of benzene rings is 1. The second-order valence-corrected chi connectivity index (χ2v) is 5.37. The minimum absolute atomic E-state index is 0.00405. The maximum atomic E-state index is 8.92. The molecule has 106 valence electrons. The molecule has 1 heterocycles. The van der Waals surface area contributed by atoms with E-state index in [1.54, 1.807) is 0 Å². The number of aliphatic hydroxyl groups is 1. The smallest absolute Gasteiger partial charge is 0.0705 e. The second kappa shape index (κ2) is 7.04. The van der Waals surface area contributed by atoms with E-state index in [2.05, 4.69) is 42.2 Å². The van der Waals surface area contributed by atoms with Crippen LogP contribution in [-0.4, -0.2) is 41.9 Å². The van der Waals surface area contributed by atoms with Crippen LogP contribution in [0.4, 0.5) is 0 Å². The fraction of sp³-hybridized carbons (Fsp3) is 0.625. The molecule has 3 heteroatoms. The van der Waals surface area contributed by atoms with Crippen molar-refractivity contribution in [1.82, 2.24) is 4.90 Å². The molecule has 0 spiro atoms. The fourth-order valence-corrected chi connectivity index (χ4v) is 2.82. The molecule has 0 saturated carbocycles. The summed E-state index contributed by atoms with van der Waals surface area (Å²) < 4.78 is 5.89. The Kier molecular flexibility index (Phi) is 5.37. The Labute approximate surface area is 116 Å². The summed E-state index contributed by atoms with van der Waals surface area (Å²) in [5.41, 5.74) is 1.37. The molecule has 0 aromatic heterocycles. The second-order valence-electron chi connectivity index (χ2n) is 5.37. The molecule has 1 N–H and O–H groups in total. The van der Waals surface area contributed by atoms with Gasteiger partial charge in [0.1, 0.15) is 0 Å². The van der Waals surface area contributed by atoms with Crippen LogP contribution in [-0.2, 0) is 11.3 Å². The van der Waals surface area contributed by atoms with Crippen LogP contribution in [0.3, 0.4) is 0 Å². The van der Waals surface area contributed by atoms with Gasteiger partial charge in [-0.05, 0) is 24.8 Å². The molecule has 1 saturated heterocycles. The Morgan fingerprint density at radius 2 is 1.89 bits per heavy atom. The predicted molar refractivity (Wildman–Crippen MR) is 77.0 cm³/mol. The van der Waals surface area contributed by atoms with Gasteiger partial charge in [-0.25, -0.2) is 0 Å². The van der Waals surface area contributed by atoms with Crippen molar-refractivity contribution < 1.29 is 9.84 Å². The molecule has 0 aliphatic carbocycles. The van der Waals surface area contributed by atoms with Gasteiger partial charge in [-0.15, -0.1) is 0 Å². The van der Waals surface area contributed by atoms with Gasteiger partial charge in [-0.3, -0.25) is 4.90 Å². The first-order valence-electron chi connectivity index (χ1n) is 7.29. The lowest BCUT2D eigenvalue weighted by molar-refractivity contribution is -0.0956. The molecule has 0 amide bonds. The summed E-state index contributed by atoms with van der Waals surface area (Å²) in [5.74, 6) is 0. The average molecular weight is 263 g/mol. The highest BCUT2D eigenvalue weighted by Gasteiger charge is 2.33. The van der Waals surface area contributed by atoms with Gasteiger partial charge in [-0.2, -0.15) is 0 Å². The van der Waals surface area contributed by atoms with Crippen molar-refractivity contribution in [1.29, 1.82) is 0 Å². The number of piperidine rings is 1. The first-order chi connectivity index (χ1) is 9.28. The van der Waals surface area contributed by atoms with Crippen molar-refractivity contribution >= 4 is 0 Å². The van der Waals surface area contributed by atoms with Gasteiger partial charge in [0.2, 0.25) is 0 Å². The molecule has 3 nitrogen and oxygen atoms in total. The molecule has 19 heavy (non-hydrogen) atoms. The Bertz CT molecular complexity index is 358. The van der Waals surface area contributed by atoms with E-state index in [1.165, 1.54) is 5.56 Å². The lowest BCUT2D eigenvalue weighted by atomic mass is 9.88. The molecule has 1 aromatic rings. The van der Waals surface area contributed by atoms with Crippen LogP contribution in [0, 0.1) is 0 Å². The van der Waals surface area contributed by atoms with Crippen molar-refractivity contribution in [2.75, 3.05) is 26.3 Å². The minimum atomic E-state index is -0.00405. The summed E-state index contributed by atoms with van der Waals surface area (Å²) in [5, 5.41) is 8.92. The molecule has 1 aromatic carbocycles. The average Bonchev–Trinajstić information content (AvgIpc) is 2.48. The molecular formula is C16H25NO2. The van der Waals surface area contributed by atoms with Crippen LogP contribution < -0.4 is 0 Å². The van der Waals surface area contributed by atoms with E-state index in [9.17, 15) is 0 Å². The summed E-state index contributed by atoms with van der Waals surface area (Å²) in [4.78, 5) is 2.49. The maximum absolute atomic E-state index is 8.92. The van der Waals surface area contributed by atoms with E-state index in [4.69, 9.17) is 9.84 Å². The van der Waals surface area contributed by atoms with E-state index < -0.39 is 0 Å². The molecular weight excluding hydrogens is 238 g/mol. The number of likely N-dealkylation sites (tertiary alicyclic amines) is 1. The number of aliphatic hydroxyl groups excluding tert-OH is 1. The van der Waals surface area contributed by atoms with Crippen LogP contribution in [0.5, 0.6) is 0 Å². The van der Waals surface area contributed by atoms with E-state index >= 15 is 0 Å². The monoisotopic (exact) mass is 263 g/mol. The Balaban J connectivity index is 1.84. The normalized spacial score (nSPS) is 19.5. The molecule has 1 fully saturated rings. The number of ether oxygens (including phenoxy) is 1. The van der Waals surface area contributed by atoms with Crippen molar-refractivity contribution in [3.05, 3.63) is 35.9 Å². The first kappa shape index (κ1) is 14.5. The summed E-state index contributed by atoms with van der Waals surface area (Å²) in [6, 6.07) is 10.6. The number of rotatable bonds is 6. The van der Waals surface area contributed by atoms with Gasteiger partial charge in [0.15, 0.2) is 0 Å². The Hall–Kier alpha value is -0.900. The topological polar surface area (TPSA) is 32.7 Å². The molecule has 1 aliphatic rings. The summed E-state index contributed by atoms with van der Waals surface area (Å²) >= 11 is 0. The van der Waals surface area contributed by atoms with Crippen LogP contribution in [0.25, 0.3) is 0 Å². The van der Waals surface area contributed by atoms with Gasteiger partial charge >= 0.3 is 0 Å². The highest BCUT2D eigenvalue weighted by atomic mass is 16.5. The molecule has 0 radical (unpaired) electrons. The number of hydrogen-bond acceptors (Lipinski definition) is 3. The van der Waals surface area contributed by atoms with Crippen LogP contribution >= 0.6 is 0 Å². The largest absolute Gasteiger partial charge is 0.394 e. The van der Waals surface area contributed by atoms with E-state index in [0.717, 1.165) is 38.9 Å². The summed E-state index contributed by atoms with van der Waals surface area (Å²) in [6.45, 7) is 5.95. The standard InChI is InChI=1S/C16H25NO2/c1-2-16(19-13-12-18)8-10-17(11-9-16)14-15-6-4-3-5-7-15/h3-7,18H,2,8-14H2,1H3. The number of hydrogen-bond donors (Lipinski definition) is 1. The Morgan fingerprint density at radius 1 is 1.21 bits per heavy atom. The van der Waals surface area contributed by atoms with Crippen LogP contribution in [0.2, 0.25) is 0 Å². The molecule has 0 unspecified atom stereocenters. The predicted octanol–water partition coefficient (Wildman–Crippen LogP) is 2.44. The molecule has 2 rings (SSSR count). The zero-order chi connectivity index (χ0) is 13.6. The van der Waals surface area contributed by atoms with E-state index in [-0.39, 0.29) is 12.2 Å². The minimum Gasteiger partial charge on any atom is -0.394 e. The lowest BCUT2D eigenvalue weighted by Crippen LogP contribution is -2.45. The van der Waals surface area contributed by atoms with E-state index in [0.29, 0.717) is 6.61 Å². The fourth-order valence-electron chi connectivity index (χ4n) is 2.82. The van der Waals surface area contributed by atoms with Gasteiger partial charge in [0.25, 0.3) is 0 Å². The third-order valence-electron chi connectivity index (χ3n) is 4.16. The van der Waals surface area contributed by atoms with Crippen LogP contribution in [0.15, 0.2) is 30.3 Å². The molecule has 1 aliphatic heterocycles. The third kappa shape index (κ3) is 4.03. The summed E-state index contributed by atoms with van der Waals surface area (Å²) in [7, 11) is 0. The van der Waals surface area contributed by atoms with E-state index in [1.807, 2.05) is 0 Å². The quantitative estimate of drug-likeness (QED) is 0.855. The van der Waals surface area contributed by atoms with Gasteiger partial charge < -0.3 is 9.84 Å². The lowest BCUT2D eigenvalue weighted by Gasteiger charge is -2.41. The van der Waals surface area contributed by atoms with Crippen LogP contribution in [0.1, 0.15) is 31.7 Å². The van der Waals surface area contributed by atoms with Gasteiger partial charge in [0, 0.05) is 19.6 Å². The van der Waals surface area contributed by atoms with Crippen molar-refractivity contribution in [3.63, 3.8) is 0 Å². The van der Waals surface area contributed by atoms with Gasteiger partial charge in [0.05, 0.1) is 18.8 Å². The van der Waals surface area contributed by atoms with Crippen molar-refractivity contribution in [2.45, 2.75) is 38.3 Å². The zero-order valence-electron chi connectivity index (χ0n) is 11.8. The van der Waals surface area contributed by atoms with Crippen molar-refractivity contribution in [3.8, 4) is 0 Å². The highest BCUT2D eigenvalue weighted by molar-refractivity contribution is 5.14. The first-order valence-corrected chi connectivity index (χ1v) is 7.29. The maximum Gasteiger partial charge on any atom is 0.0705 e. The van der Waals surface area contributed by atoms with Gasteiger partial charge in [-0.1, -0.05) is 37.3 Å². The third-order valence-corrected chi connectivity index (χ3v) is 4.16. The SMILES string of the molecule is CCC1(OCCO)CCN(Cc2ccccc2)CC1. The summed E-state index contributed by atoms with van der Waals surface area (Å²) in [6.07, 6.45) is 3.17. The Morgan fingerprint density at radius 3 is 2.47 bits per heavy atom. The van der Waals surface area contributed by atoms with Crippen molar-refractivity contribution in [2.24, 2.45) is 0 Å². The molecule has 0 atom stereocenters. The zero-order valence-corrected chi connectivity index (χ0v) is 11.8. The molecule has 0 bridgehead atoms.